The van der Waals surface area contributed by atoms with Crippen LogP contribution in [0.25, 0.3) is 0 Å². The summed E-state index contributed by atoms with van der Waals surface area (Å²) in [6, 6.07) is 8.27. The number of carbonyl (C=O) groups is 1. The molecule has 0 spiro atoms. The fourth-order valence-corrected chi connectivity index (χ4v) is 2.94. The van der Waals surface area contributed by atoms with Gasteiger partial charge in [-0.2, -0.15) is 0 Å². The molecule has 0 radical (unpaired) electrons. The van der Waals surface area contributed by atoms with E-state index >= 15 is 0 Å². The van der Waals surface area contributed by atoms with Crippen LogP contribution in [-0.2, 0) is 4.79 Å². The van der Waals surface area contributed by atoms with E-state index in [4.69, 9.17) is 4.74 Å². The highest BCUT2D eigenvalue weighted by molar-refractivity contribution is 5.78. The molecule has 1 amide bonds. The standard InChI is InChI=1S/C21H36N2O2/c1-6-8-16(3)15-25-19-12-10-18(11-13-19)20(22-5)14-23-21(24)17(4)9-7-2/h10-13,16-17,20,22H,6-9,14-15H2,1-5H3,(H,23,24)/t16?,17-,20+/m1/s1. The summed E-state index contributed by atoms with van der Waals surface area (Å²) in [6.07, 6.45) is 4.34. The zero-order chi connectivity index (χ0) is 18.7. The molecule has 2 N–H and O–H groups in total. The number of nitrogens with one attached hydrogen (secondary N) is 2. The molecular formula is C21H36N2O2. The van der Waals surface area contributed by atoms with Gasteiger partial charge in [-0.1, -0.05) is 52.7 Å². The maximum absolute atomic E-state index is 12.1. The highest BCUT2D eigenvalue weighted by Crippen LogP contribution is 2.19. The van der Waals surface area contributed by atoms with Crippen LogP contribution in [-0.4, -0.2) is 26.1 Å². The van der Waals surface area contributed by atoms with Crippen molar-refractivity contribution in [1.82, 2.24) is 10.6 Å². The van der Waals surface area contributed by atoms with Crippen molar-refractivity contribution in [3.05, 3.63) is 29.8 Å². The Labute approximate surface area is 153 Å². The van der Waals surface area contributed by atoms with Crippen molar-refractivity contribution in [2.75, 3.05) is 20.2 Å². The normalized spacial score (nSPS) is 14.6. The van der Waals surface area contributed by atoms with Gasteiger partial charge in [0, 0.05) is 18.5 Å². The third-order valence-electron chi connectivity index (χ3n) is 4.60. The largest absolute Gasteiger partial charge is 0.493 e. The number of hydrogen-bond donors (Lipinski definition) is 2. The van der Waals surface area contributed by atoms with Crippen molar-refractivity contribution < 1.29 is 9.53 Å². The van der Waals surface area contributed by atoms with Crippen molar-refractivity contribution in [2.45, 2.75) is 59.4 Å². The summed E-state index contributed by atoms with van der Waals surface area (Å²) in [6.45, 7) is 9.86. The second kappa shape index (κ2) is 11.9. The maximum Gasteiger partial charge on any atom is 0.222 e. The van der Waals surface area contributed by atoms with E-state index in [9.17, 15) is 4.79 Å². The van der Waals surface area contributed by atoms with E-state index in [-0.39, 0.29) is 17.9 Å². The van der Waals surface area contributed by atoms with E-state index < -0.39 is 0 Å². The summed E-state index contributed by atoms with van der Waals surface area (Å²) in [7, 11) is 1.92. The molecule has 1 aromatic carbocycles. The Kier molecular flexibility index (Phi) is 10.2. The molecular weight excluding hydrogens is 312 g/mol. The van der Waals surface area contributed by atoms with Crippen LogP contribution in [0.3, 0.4) is 0 Å². The minimum absolute atomic E-state index is 0.0726. The van der Waals surface area contributed by atoms with Crippen molar-refractivity contribution in [1.29, 1.82) is 0 Å². The Morgan fingerprint density at radius 1 is 1.08 bits per heavy atom. The van der Waals surface area contributed by atoms with E-state index in [0.717, 1.165) is 30.8 Å². The predicted octanol–water partition coefficient (Wildman–Crippen LogP) is 4.31. The number of benzene rings is 1. The van der Waals surface area contributed by atoms with E-state index in [2.05, 4.69) is 43.5 Å². The highest BCUT2D eigenvalue weighted by Gasteiger charge is 2.15. The van der Waals surface area contributed by atoms with Crippen LogP contribution < -0.4 is 15.4 Å². The minimum atomic E-state index is 0.0726. The molecule has 3 atom stereocenters. The second-order valence-electron chi connectivity index (χ2n) is 7.05. The van der Waals surface area contributed by atoms with Gasteiger partial charge in [-0.3, -0.25) is 4.79 Å². The zero-order valence-electron chi connectivity index (χ0n) is 16.6. The van der Waals surface area contributed by atoms with Crippen LogP contribution >= 0.6 is 0 Å². The van der Waals surface area contributed by atoms with Crippen LogP contribution in [0, 0.1) is 11.8 Å². The SMILES string of the molecule is CCCC(C)COc1ccc([C@H](CNC(=O)[C@H](C)CCC)NC)cc1. The minimum Gasteiger partial charge on any atom is -0.493 e. The molecule has 1 unspecified atom stereocenters. The van der Waals surface area contributed by atoms with Crippen LogP contribution in [0.2, 0.25) is 0 Å². The van der Waals surface area contributed by atoms with Crippen LogP contribution in [0.5, 0.6) is 5.75 Å². The van der Waals surface area contributed by atoms with Crippen molar-refractivity contribution >= 4 is 5.91 Å². The Balaban J connectivity index is 2.52. The number of carbonyl (C=O) groups excluding carboxylic acids is 1. The quantitative estimate of drug-likeness (QED) is 0.591. The van der Waals surface area contributed by atoms with Gasteiger partial charge in [-0.25, -0.2) is 0 Å². The van der Waals surface area contributed by atoms with Gasteiger partial charge in [0.1, 0.15) is 5.75 Å². The lowest BCUT2D eigenvalue weighted by Gasteiger charge is -2.19. The molecule has 0 aromatic heterocycles. The summed E-state index contributed by atoms with van der Waals surface area (Å²) in [5.41, 5.74) is 1.15. The molecule has 0 saturated heterocycles. The summed E-state index contributed by atoms with van der Waals surface area (Å²) < 4.78 is 5.86. The molecule has 0 fully saturated rings. The van der Waals surface area contributed by atoms with Gasteiger partial charge in [0.05, 0.1) is 6.61 Å². The lowest BCUT2D eigenvalue weighted by atomic mass is 10.0. The van der Waals surface area contributed by atoms with Gasteiger partial charge in [0.25, 0.3) is 0 Å². The summed E-state index contributed by atoms with van der Waals surface area (Å²) >= 11 is 0. The first kappa shape index (κ1) is 21.5. The lowest BCUT2D eigenvalue weighted by molar-refractivity contribution is -0.124. The molecule has 0 aliphatic heterocycles. The zero-order valence-corrected chi connectivity index (χ0v) is 16.6. The summed E-state index contributed by atoms with van der Waals surface area (Å²) in [5, 5.41) is 6.33. The molecule has 4 nitrogen and oxygen atoms in total. The molecule has 0 bridgehead atoms. The van der Waals surface area contributed by atoms with Crippen molar-refractivity contribution in [3.63, 3.8) is 0 Å². The second-order valence-corrected chi connectivity index (χ2v) is 7.05. The summed E-state index contributed by atoms with van der Waals surface area (Å²) in [5.74, 6) is 1.69. The topological polar surface area (TPSA) is 50.4 Å². The molecule has 142 valence electrons. The molecule has 0 aliphatic rings. The third kappa shape index (κ3) is 7.91. The molecule has 1 rings (SSSR count). The van der Waals surface area contributed by atoms with Gasteiger partial charge >= 0.3 is 0 Å². The Morgan fingerprint density at radius 2 is 1.72 bits per heavy atom. The average molecular weight is 349 g/mol. The average Bonchev–Trinajstić information content (AvgIpc) is 2.61. The molecule has 0 saturated carbocycles. The summed E-state index contributed by atoms with van der Waals surface area (Å²) in [4.78, 5) is 12.1. The van der Waals surface area contributed by atoms with Gasteiger partial charge in [-0.05, 0) is 43.5 Å². The Bertz CT molecular complexity index is 487. The first-order valence-electron chi connectivity index (χ1n) is 9.69. The van der Waals surface area contributed by atoms with Gasteiger partial charge in [0.2, 0.25) is 5.91 Å². The van der Waals surface area contributed by atoms with Crippen molar-refractivity contribution in [2.24, 2.45) is 11.8 Å². The number of rotatable bonds is 12. The molecule has 4 heteroatoms. The van der Waals surface area contributed by atoms with E-state index in [1.807, 2.05) is 26.1 Å². The van der Waals surface area contributed by atoms with Gasteiger partial charge in [0.15, 0.2) is 0 Å². The van der Waals surface area contributed by atoms with E-state index in [1.54, 1.807) is 0 Å². The van der Waals surface area contributed by atoms with Crippen LogP contribution in [0.4, 0.5) is 0 Å². The number of likely N-dealkylation sites (N-methyl/N-ethyl adjacent to an activating group) is 1. The van der Waals surface area contributed by atoms with E-state index in [1.165, 1.54) is 12.8 Å². The van der Waals surface area contributed by atoms with Gasteiger partial charge < -0.3 is 15.4 Å². The van der Waals surface area contributed by atoms with E-state index in [0.29, 0.717) is 12.5 Å². The highest BCUT2D eigenvalue weighted by atomic mass is 16.5. The number of amides is 1. The smallest absolute Gasteiger partial charge is 0.222 e. The fraction of sp³-hybridized carbons (Fsp3) is 0.667. The Morgan fingerprint density at radius 3 is 2.28 bits per heavy atom. The third-order valence-corrected chi connectivity index (χ3v) is 4.60. The predicted molar refractivity (Wildman–Crippen MR) is 105 cm³/mol. The Hall–Kier alpha value is -1.55. The van der Waals surface area contributed by atoms with Gasteiger partial charge in [-0.15, -0.1) is 0 Å². The number of hydrogen-bond acceptors (Lipinski definition) is 3. The number of ether oxygens (including phenoxy) is 1. The monoisotopic (exact) mass is 348 g/mol. The lowest BCUT2D eigenvalue weighted by Crippen LogP contribution is -2.36. The fourth-order valence-electron chi connectivity index (χ4n) is 2.94. The van der Waals surface area contributed by atoms with Crippen molar-refractivity contribution in [3.8, 4) is 5.75 Å². The first-order valence-corrected chi connectivity index (χ1v) is 9.69. The van der Waals surface area contributed by atoms with Crippen LogP contribution in [0.1, 0.15) is 65.0 Å². The molecule has 0 heterocycles. The molecule has 1 aromatic rings. The molecule has 0 aliphatic carbocycles. The maximum atomic E-state index is 12.1. The molecule has 25 heavy (non-hydrogen) atoms. The first-order chi connectivity index (χ1) is 12.0. The van der Waals surface area contributed by atoms with Crippen LogP contribution in [0.15, 0.2) is 24.3 Å².